The maximum atomic E-state index is 13.4. The lowest BCUT2D eigenvalue weighted by atomic mass is 9.79. The Labute approximate surface area is 215 Å². The first-order valence-electron chi connectivity index (χ1n) is 12.0. The zero-order chi connectivity index (χ0) is 28.5. The van der Waals surface area contributed by atoms with E-state index in [4.69, 9.17) is 10.8 Å². The van der Waals surface area contributed by atoms with Crippen LogP contribution in [0.25, 0.3) is 0 Å². The third-order valence-electron chi connectivity index (χ3n) is 7.22. The lowest BCUT2D eigenvalue weighted by molar-refractivity contribution is -0.148. The Morgan fingerprint density at radius 2 is 1.51 bits per heavy atom. The summed E-state index contributed by atoms with van der Waals surface area (Å²) in [6.07, 6.45) is -1.48. The summed E-state index contributed by atoms with van der Waals surface area (Å²) in [4.78, 5) is 49.7. The Kier molecular flexibility index (Phi) is 9.18. The predicted molar refractivity (Wildman–Crippen MR) is 134 cm³/mol. The van der Waals surface area contributed by atoms with Crippen LogP contribution in [0.2, 0.25) is 0 Å². The molecule has 0 saturated heterocycles. The van der Waals surface area contributed by atoms with Crippen molar-refractivity contribution in [3.63, 3.8) is 0 Å². The van der Waals surface area contributed by atoms with E-state index >= 15 is 0 Å². The summed E-state index contributed by atoms with van der Waals surface area (Å²) >= 11 is 0. The van der Waals surface area contributed by atoms with Gasteiger partial charge in [0.25, 0.3) is 0 Å². The largest absolute Gasteiger partial charge is 0.507 e. The van der Waals surface area contributed by atoms with Crippen LogP contribution in [0.5, 0.6) is 5.75 Å². The summed E-state index contributed by atoms with van der Waals surface area (Å²) in [5.41, 5.74) is 4.98. The zero-order valence-corrected chi connectivity index (χ0v) is 21.7. The van der Waals surface area contributed by atoms with Gasteiger partial charge in [0.1, 0.15) is 5.75 Å². The number of rotatable bonds is 10. The smallest absolute Gasteiger partial charge is 0.308 e. The van der Waals surface area contributed by atoms with Gasteiger partial charge in [-0.25, -0.2) is 0 Å². The summed E-state index contributed by atoms with van der Waals surface area (Å²) in [6.45, 7) is 8.84. The molecule has 0 fully saturated rings. The highest BCUT2D eigenvalue weighted by Gasteiger charge is 2.37. The van der Waals surface area contributed by atoms with Crippen molar-refractivity contribution in [3.8, 4) is 5.75 Å². The number of phenols is 1. The Morgan fingerprint density at radius 1 is 0.973 bits per heavy atom. The number of phenolic OH excluding ortho intramolecular Hbond substituents is 1. The summed E-state index contributed by atoms with van der Waals surface area (Å²) in [5, 5.41) is 51.6. The fourth-order valence-electron chi connectivity index (χ4n) is 4.63. The van der Waals surface area contributed by atoms with Crippen LogP contribution >= 0.6 is 0 Å². The molecule has 7 atom stereocenters. The number of hydrogen-bond donors (Lipinski definition) is 6. The highest BCUT2D eigenvalue weighted by molar-refractivity contribution is 6.29. The topological polar surface area (TPSA) is 195 Å². The number of aliphatic hydroxyl groups is 3. The van der Waals surface area contributed by atoms with Crippen LogP contribution in [0.1, 0.15) is 71.3 Å². The molecule has 10 heteroatoms. The van der Waals surface area contributed by atoms with Gasteiger partial charge in [0.15, 0.2) is 11.6 Å². The average Bonchev–Trinajstić information content (AvgIpc) is 2.84. The quantitative estimate of drug-likeness (QED) is 0.196. The fraction of sp³-hybridized carbons (Fsp3) is 0.481. The van der Waals surface area contributed by atoms with Crippen molar-refractivity contribution in [2.24, 2.45) is 29.4 Å². The number of aromatic hydroxyl groups is 1. The molecule has 0 amide bonds. The van der Waals surface area contributed by atoms with Crippen LogP contribution in [0.15, 0.2) is 29.5 Å². The first-order valence-corrected chi connectivity index (χ1v) is 12.0. The molecule has 1 aliphatic carbocycles. The second-order valence-corrected chi connectivity index (χ2v) is 9.99. The second kappa shape index (κ2) is 11.4. The van der Waals surface area contributed by atoms with Crippen LogP contribution in [-0.4, -0.2) is 67.2 Å². The number of aliphatic carboxylic acids is 1. The lowest BCUT2D eigenvalue weighted by Gasteiger charge is -2.34. The van der Waals surface area contributed by atoms with Crippen LogP contribution in [0.3, 0.4) is 0 Å². The van der Waals surface area contributed by atoms with E-state index in [9.17, 15) is 39.6 Å². The van der Waals surface area contributed by atoms with Crippen LogP contribution < -0.4 is 5.73 Å². The molecule has 0 aromatic heterocycles. The number of aliphatic hydroxyl groups excluding tert-OH is 3. The van der Waals surface area contributed by atoms with E-state index in [0.717, 1.165) is 6.08 Å². The minimum atomic E-state index is -1.35. The Balaban J connectivity index is 2.35. The predicted octanol–water partition coefficient (Wildman–Crippen LogP) is 1.76. The number of benzene rings is 1. The van der Waals surface area contributed by atoms with Crippen molar-refractivity contribution in [3.05, 3.63) is 51.7 Å². The number of fused-ring (bicyclic) bond motifs is 1. The molecule has 1 aliphatic rings. The molecular formula is C27H35NO9. The van der Waals surface area contributed by atoms with Crippen molar-refractivity contribution in [2.75, 3.05) is 0 Å². The number of allylic oxidation sites excluding steroid dienone is 3. The van der Waals surface area contributed by atoms with Gasteiger partial charge in [0.05, 0.1) is 35.5 Å². The molecule has 7 N–H and O–H groups in total. The van der Waals surface area contributed by atoms with Gasteiger partial charge in [-0.05, 0) is 38.0 Å². The third kappa shape index (κ3) is 5.82. The molecule has 37 heavy (non-hydrogen) atoms. The van der Waals surface area contributed by atoms with Gasteiger partial charge in [-0.2, -0.15) is 0 Å². The number of carbonyl (C=O) groups is 4. The summed E-state index contributed by atoms with van der Waals surface area (Å²) in [5.74, 6) is -7.21. The first-order chi connectivity index (χ1) is 17.0. The number of carboxylic acid groups (broad SMARTS) is 1. The SMILES string of the molecule is CC(=CC(C)C(O)C(C)C(O)C(C)C(O)C(C)C(=O)O)C(=O)c1c(O)c(C)cc2c1C(=O)C=C(N)C2=O. The van der Waals surface area contributed by atoms with Crippen molar-refractivity contribution in [2.45, 2.75) is 59.9 Å². The van der Waals surface area contributed by atoms with Gasteiger partial charge in [-0.15, -0.1) is 0 Å². The van der Waals surface area contributed by atoms with Gasteiger partial charge in [0, 0.05) is 35.0 Å². The minimum Gasteiger partial charge on any atom is -0.507 e. The number of ketones is 3. The zero-order valence-electron chi connectivity index (χ0n) is 21.7. The molecule has 0 heterocycles. The van der Waals surface area contributed by atoms with Crippen LogP contribution in [0, 0.1) is 30.6 Å². The Morgan fingerprint density at radius 3 is 2.05 bits per heavy atom. The third-order valence-corrected chi connectivity index (χ3v) is 7.22. The van der Waals surface area contributed by atoms with Gasteiger partial charge >= 0.3 is 5.97 Å². The molecule has 1 aromatic rings. The summed E-state index contributed by atoms with van der Waals surface area (Å²) in [7, 11) is 0. The van der Waals surface area contributed by atoms with Crippen molar-refractivity contribution in [1.82, 2.24) is 0 Å². The highest BCUT2D eigenvalue weighted by Crippen LogP contribution is 2.35. The normalized spacial score (nSPS) is 19.7. The fourth-order valence-corrected chi connectivity index (χ4v) is 4.63. The summed E-state index contributed by atoms with van der Waals surface area (Å²) in [6, 6.07) is 1.30. The van der Waals surface area contributed by atoms with E-state index in [-0.39, 0.29) is 33.5 Å². The van der Waals surface area contributed by atoms with E-state index in [1.54, 1.807) is 6.92 Å². The lowest BCUT2D eigenvalue weighted by Crippen LogP contribution is -2.44. The van der Waals surface area contributed by atoms with Crippen LogP contribution in [0.4, 0.5) is 0 Å². The van der Waals surface area contributed by atoms with E-state index in [2.05, 4.69) is 0 Å². The number of Topliss-reactive ketones (excluding diaryl/α,β-unsaturated/α-hetero) is 2. The van der Waals surface area contributed by atoms with E-state index < -0.39 is 71.1 Å². The Hall–Kier alpha value is -3.34. The van der Waals surface area contributed by atoms with Gasteiger partial charge in [-0.1, -0.05) is 26.8 Å². The molecule has 2 rings (SSSR count). The standard InChI is InChI=1S/C27H35NO9/c1-10(21(30)13(4)24(33)14(5)25(34)15(6)27(36)37)7-11(2)22(31)20-19-16(8-12(3)23(20)32)26(35)17(28)9-18(19)29/h7-10,13-15,21,24-25,30,32-34H,28H2,1-6H3,(H,36,37). The van der Waals surface area contributed by atoms with E-state index in [0.29, 0.717) is 0 Å². The second-order valence-electron chi connectivity index (χ2n) is 9.99. The maximum absolute atomic E-state index is 13.4. The van der Waals surface area contributed by atoms with Gasteiger partial charge in [-0.3, -0.25) is 19.2 Å². The van der Waals surface area contributed by atoms with Gasteiger partial charge in [0.2, 0.25) is 5.78 Å². The number of aryl methyl sites for hydroxylation is 1. The average molecular weight is 518 g/mol. The minimum absolute atomic E-state index is 0.0756. The molecule has 0 radical (unpaired) electrons. The number of carboxylic acids is 1. The molecule has 0 aliphatic heterocycles. The molecule has 10 nitrogen and oxygen atoms in total. The first kappa shape index (κ1) is 29.9. The monoisotopic (exact) mass is 517 g/mol. The molecule has 0 bridgehead atoms. The van der Waals surface area contributed by atoms with E-state index in [1.807, 2.05) is 0 Å². The molecular weight excluding hydrogens is 482 g/mol. The molecule has 0 saturated carbocycles. The van der Waals surface area contributed by atoms with Crippen molar-refractivity contribution in [1.29, 1.82) is 0 Å². The molecule has 1 aromatic carbocycles. The maximum Gasteiger partial charge on any atom is 0.308 e. The Bertz CT molecular complexity index is 1180. The van der Waals surface area contributed by atoms with Gasteiger partial charge < -0.3 is 31.3 Å². The molecule has 202 valence electrons. The summed E-state index contributed by atoms with van der Waals surface area (Å²) < 4.78 is 0. The van der Waals surface area contributed by atoms with E-state index in [1.165, 1.54) is 46.8 Å². The highest BCUT2D eigenvalue weighted by atomic mass is 16.4. The number of hydrogen-bond acceptors (Lipinski definition) is 9. The number of nitrogens with two attached hydrogens (primary N) is 1. The van der Waals surface area contributed by atoms with Crippen LogP contribution in [-0.2, 0) is 4.79 Å². The van der Waals surface area contributed by atoms with Crippen molar-refractivity contribution >= 4 is 23.3 Å². The molecule has 0 spiro atoms. The molecule has 7 unspecified atom stereocenters. The van der Waals surface area contributed by atoms with Crippen molar-refractivity contribution < 1.29 is 44.7 Å². The number of carbonyl (C=O) groups excluding carboxylic acids is 3.